The fourth-order valence-corrected chi connectivity index (χ4v) is 4.90. The number of rotatable bonds is 7. The number of ether oxygens (including phenoxy) is 2. The zero-order valence-corrected chi connectivity index (χ0v) is 16.8. The van der Waals surface area contributed by atoms with Gasteiger partial charge in [-0.05, 0) is 49.1 Å². The van der Waals surface area contributed by atoms with Crippen LogP contribution < -0.4 is 9.47 Å². The molecule has 3 aliphatic rings. The van der Waals surface area contributed by atoms with Gasteiger partial charge < -0.3 is 14.4 Å². The normalized spacial score (nSPS) is 26.2. The van der Waals surface area contributed by atoms with Crippen LogP contribution in [0.2, 0.25) is 0 Å². The number of likely N-dealkylation sites (N-methyl/N-ethyl adjacent to an activating group) is 1. The summed E-state index contributed by atoms with van der Waals surface area (Å²) in [5.74, 6) is 2.48. The average Bonchev–Trinajstić information content (AvgIpc) is 2.64. The van der Waals surface area contributed by atoms with Crippen molar-refractivity contribution in [1.82, 2.24) is 9.80 Å². The van der Waals surface area contributed by atoms with Gasteiger partial charge in [0.2, 0.25) is 0 Å². The summed E-state index contributed by atoms with van der Waals surface area (Å²) in [4.78, 5) is 5.25. The summed E-state index contributed by atoms with van der Waals surface area (Å²) in [5, 5.41) is 0. The lowest BCUT2D eigenvalue weighted by molar-refractivity contribution is 0.0217. The van der Waals surface area contributed by atoms with Crippen molar-refractivity contribution in [2.75, 3.05) is 47.1 Å². The Morgan fingerprint density at radius 2 is 2.04 bits per heavy atom. The van der Waals surface area contributed by atoms with Gasteiger partial charge in [0.1, 0.15) is 0 Å². The van der Waals surface area contributed by atoms with Gasteiger partial charge in [-0.2, -0.15) is 0 Å². The van der Waals surface area contributed by atoms with E-state index in [-0.39, 0.29) is 6.67 Å². The second-order valence-electron chi connectivity index (χ2n) is 8.48. The third-order valence-corrected chi connectivity index (χ3v) is 6.79. The molecule has 0 amide bonds. The first-order chi connectivity index (χ1) is 13.2. The molecule has 1 aromatic carbocycles. The van der Waals surface area contributed by atoms with E-state index in [2.05, 4.69) is 29.0 Å². The predicted molar refractivity (Wildman–Crippen MR) is 105 cm³/mol. The van der Waals surface area contributed by atoms with Gasteiger partial charge in [0.05, 0.1) is 20.4 Å². The summed E-state index contributed by atoms with van der Waals surface area (Å²) in [5.41, 5.74) is 2.74. The number of piperazine rings is 1. The minimum atomic E-state index is -0.349. The van der Waals surface area contributed by atoms with Gasteiger partial charge in [-0.15, -0.1) is 0 Å². The Bertz CT molecular complexity index is 649. The molecule has 0 N–H and O–H groups in total. The molecule has 2 heterocycles. The number of hydrogen-bond acceptors (Lipinski definition) is 4. The van der Waals surface area contributed by atoms with Crippen molar-refractivity contribution >= 4 is 0 Å². The van der Waals surface area contributed by atoms with Crippen molar-refractivity contribution in [3.63, 3.8) is 0 Å². The van der Waals surface area contributed by atoms with Crippen LogP contribution >= 0.6 is 0 Å². The van der Waals surface area contributed by atoms with Crippen molar-refractivity contribution in [3.05, 3.63) is 23.3 Å². The van der Waals surface area contributed by atoms with Gasteiger partial charge in [0.15, 0.2) is 11.5 Å². The third-order valence-electron chi connectivity index (χ3n) is 6.79. The van der Waals surface area contributed by atoms with Gasteiger partial charge >= 0.3 is 0 Å². The van der Waals surface area contributed by atoms with Crippen LogP contribution in [0.25, 0.3) is 0 Å². The maximum absolute atomic E-state index is 12.4. The van der Waals surface area contributed by atoms with E-state index in [1.165, 1.54) is 43.4 Å². The Morgan fingerprint density at radius 1 is 1.19 bits per heavy atom. The molecule has 0 spiro atoms. The van der Waals surface area contributed by atoms with E-state index in [1.807, 2.05) is 0 Å². The lowest BCUT2D eigenvalue weighted by Crippen LogP contribution is -2.55. The summed E-state index contributed by atoms with van der Waals surface area (Å²) >= 11 is 0. The summed E-state index contributed by atoms with van der Waals surface area (Å²) < 4.78 is 23.8. The number of methoxy groups -OCH3 is 1. The van der Waals surface area contributed by atoms with Crippen molar-refractivity contribution in [3.8, 4) is 11.5 Å². The second-order valence-corrected chi connectivity index (χ2v) is 8.48. The predicted octanol–water partition coefficient (Wildman–Crippen LogP) is 3.84. The van der Waals surface area contributed by atoms with E-state index in [9.17, 15) is 4.39 Å². The van der Waals surface area contributed by atoms with Crippen molar-refractivity contribution in [2.45, 2.75) is 50.6 Å². The molecular weight excluding hydrogens is 343 g/mol. The molecule has 2 aliphatic heterocycles. The highest BCUT2D eigenvalue weighted by atomic mass is 19.1. The number of benzene rings is 1. The molecule has 2 atom stereocenters. The van der Waals surface area contributed by atoms with Crippen molar-refractivity contribution in [2.24, 2.45) is 5.92 Å². The highest BCUT2D eigenvalue weighted by Gasteiger charge is 2.38. The highest BCUT2D eigenvalue weighted by Crippen LogP contribution is 2.41. The van der Waals surface area contributed by atoms with E-state index >= 15 is 0 Å². The summed E-state index contributed by atoms with van der Waals surface area (Å²) in [6.45, 7) is 3.41. The average molecular weight is 377 g/mol. The lowest BCUT2D eigenvalue weighted by atomic mass is 9.79. The van der Waals surface area contributed by atoms with Crippen LogP contribution in [0, 0.1) is 5.92 Å². The molecule has 2 fully saturated rings. The summed E-state index contributed by atoms with van der Waals surface area (Å²) in [7, 11) is 3.98. The lowest BCUT2D eigenvalue weighted by Gasteiger charge is -2.49. The quantitative estimate of drug-likeness (QED) is 0.675. The van der Waals surface area contributed by atoms with E-state index in [0.717, 1.165) is 36.9 Å². The molecule has 1 saturated heterocycles. The van der Waals surface area contributed by atoms with Crippen LogP contribution in [-0.2, 0) is 6.42 Å². The summed E-state index contributed by atoms with van der Waals surface area (Å²) in [6.07, 6.45) is 7.12. The maximum Gasteiger partial charge on any atom is 0.161 e. The molecule has 150 valence electrons. The highest BCUT2D eigenvalue weighted by molar-refractivity contribution is 5.49. The molecule has 27 heavy (non-hydrogen) atoms. The number of fused-ring (bicyclic) bond motifs is 3. The largest absolute Gasteiger partial charge is 0.493 e. The fourth-order valence-electron chi connectivity index (χ4n) is 4.90. The molecule has 1 saturated carbocycles. The first kappa shape index (κ1) is 19.0. The van der Waals surface area contributed by atoms with E-state index in [4.69, 9.17) is 9.47 Å². The topological polar surface area (TPSA) is 24.9 Å². The Kier molecular flexibility index (Phi) is 5.88. The number of nitrogens with zero attached hydrogens (tertiary/aromatic N) is 2. The molecule has 0 bridgehead atoms. The first-order valence-electron chi connectivity index (χ1n) is 10.5. The monoisotopic (exact) mass is 376 g/mol. The van der Waals surface area contributed by atoms with Crippen LogP contribution in [0.15, 0.2) is 12.1 Å². The molecule has 1 aliphatic carbocycles. The van der Waals surface area contributed by atoms with Crippen LogP contribution in [-0.4, -0.2) is 62.9 Å². The standard InChI is InChI=1S/C22H33FN2O2/c1-24-15-20-19-13-21(26-2)22(27-10-4-8-23)12-17(19)7-9-25(20)14-18(24)11-16-5-3-6-16/h12-13,16,18,20H,3-11,14-15H2,1-2H3/t18-,20?/m1/s1. The van der Waals surface area contributed by atoms with Gasteiger partial charge in [-0.3, -0.25) is 9.29 Å². The minimum Gasteiger partial charge on any atom is -0.493 e. The molecular formula is C22H33FN2O2. The Balaban J connectivity index is 1.50. The fraction of sp³-hybridized carbons (Fsp3) is 0.727. The Hall–Kier alpha value is -1.33. The molecule has 0 aromatic heterocycles. The van der Waals surface area contributed by atoms with Crippen molar-refractivity contribution in [1.29, 1.82) is 0 Å². The molecule has 4 nitrogen and oxygen atoms in total. The SMILES string of the molecule is COc1cc2c(cc1OCCCF)CCN1C[C@@H](CC3CCC3)N(C)CC21. The van der Waals surface area contributed by atoms with Crippen LogP contribution in [0.3, 0.4) is 0 Å². The minimum absolute atomic E-state index is 0.349. The second kappa shape index (κ2) is 8.36. The van der Waals surface area contributed by atoms with Crippen LogP contribution in [0.4, 0.5) is 4.39 Å². The van der Waals surface area contributed by atoms with Gasteiger partial charge in [0, 0.05) is 38.1 Å². The molecule has 1 aromatic rings. The van der Waals surface area contributed by atoms with E-state index in [1.54, 1.807) is 7.11 Å². The maximum atomic E-state index is 12.4. The number of hydrogen-bond donors (Lipinski definition) is 0. The number of halogens is 1. The molecule has 1 unspecified atom stereocenters. The zero-order chi connectivity index (χ0) is 18.8. The smallest absolute Gasteiger partial charge is 0.161 e. The van der Waals surface area contributed by atoms with Gasteiger partial charge in [0.25, 0.3) is 0 Å². The summed E-state index contributed by atoms with van der Waals surface area (Å²) in [6, 6.07) is 5.42. The zero-order valence-electron chi connectivity index (χ0n) is 16.8. The molecule has 4 rings (SSSR count). The van der Waals surface area contributed by atoms with Crippen LogP contribution in [0.5, 0.6) is 11.5 Å². The Labute approximate surface area is 162 Å². The van der Waals surface area contributed by atoms with E-state index < -0.39 is 0 Å². The first-order valence-corrected chi connectivity index (χ1v) is 10.5. The Morgan fingerprint density at radius 3 is 2.74 bits per heavy atom. The number of alkyl halides is 1. The van der Waals surface area contributed by atoms with Gasteiger partial charge in [-0.25, -0.2) is 0 Å². The van der Waals surface area contributed by atoms with Crippen LogP contribution in [0.1, 0.15) is 49.3 Å². The van der Waals surface area contributed by atoms with Gasteiger partial charge in [-0.1, -0.05) is 19.3 Å². The molecule has 5 heteroatoms. The van der Waals surface area contributed by atoms with Crippen molar-refractivity contribution < 1.29 is 13.9 Å². The third kappa shape index (κ3) is 3.95. The van der Waals surface area contributed by atoms with E-state index in [0.29, 0.717) is 25.1 Å². The molecule has 0 radical (unpaired) electrons.